The topological polar surface area (TPSA) is 66.9 Å². The summed E-state index contributed by atoms with van der Waals surface area (Å²) in [4.78, 5) is 21.1. The van der Waals surface area contributed by atoms with Gasteiger partial charge in [0.2, 0.25) is 5.91 Å². The number of aryl methyl sites for hydroxylation is 1. The molecular weight excluding hydrogens is 348 g/mol. The quantitative estimate of drug-likeness (QED) is 0.604. The first-order valence-electron chi connectivity index (χ1n) is 9.58. The van der Waals surface area contributed by atoms with Crippen molar-refractivity contribution in [3.8, 4) is 0 Å². The van der Waals surface area contributed by atoms with Crippen molar-refractivity contribution in [2.75, 3.05) is 13.1 Å². The van der Waals surface area contributed by atoms with Gasteiger partial charge in [0.25, 0.3) is 0 Å². The maximum Gasteiger partial charge on any atom is 0.241 e. The molecule has 0 aliphatic heterocycles. The minimum absolute atomic E-state index is 0.00505. The molecule has 0 fully saturated rings. The highest BCUT2D eigenvalue weighted by Crippen LogP contribution is 2.18. The number of nitrogens with one attached hydrogen (secondary N) is 2. The Kier molecular flexibility index (Phi) is 7.27. The van der Waals surface area contributed by atoms with Crippen LogP contribution < -0.4 is 10.6 Å². The smallest absolute Gasteiger partial charge is 0.241 e. The standard InChI is InChI=1S/C23H26N4O/c1-18-5-2-3-7-21(18)22(26-15-11-20-6-4-12-25-17-20)23(28)27-16-10-19-8-13-24-14-9-19/h2-9,12-14,17,22,26H,10-11,15-16H2,1H3,(H,27,28). The van der Waals surface area contributed by atoms with Gasteiger partial charge in [-0.3, -0.25) is 14.8 Å². The summed E-state index contributed by atoms with van der Waals surface area (Å²) in [6.45, 7) is 3.33. The zero-order valence-corrected chi connectivity index (χ0v) is 16.1. The van der Waals surface area contributed by atoms with Crippen molar-refractivity contribution in [2.45, 2.75) is 25.8 Å². The van der Waals surface area contributed by atoms with Gasteiger partial charge in [-0.15, -0.1) is 0 Å². The number of amides is 1. The second kappa shape index (κ2) is 10.3. The number of nitrogens with zero attached hydrogens (tertiary/aromatic N) is 2. The van der Waals surface area contributed by atoms with Crippen molar-refractivity contribution >= 4 is 5.91 Å². The minimum atomic E-state index is -0.379. The average molecular weight is 374 g/mol. The van der Waals surface area contributed by atoms with E-state index in [0.29, 0.717) is 13.1 Å². The molecule has 2 heterocycles. The molecule has 144 valence electrons. The Labute approximate surface area is 166 Å². The number of carbonyl (C=O) groups is 1. The molecule has 0 spiro atoms. The molecule has 0 saturated carbocycles. The fourth-order valence-corrected chi connectivity index (χ4v) is 3.14. The molecule has 2 N–H and O–H groups in total. The van der Waals surface area contributed by atoms with Crippen LogP contribution in [-0.2, 0) is 17.6 Å². The molecule has 0 saturated heterocycles. The number of hydrogen-bond acceptors (Lipinski definition) is 4. The van der Waals surface area contributed by atoms with Gasteiger partial charge >= 0.3 is 0 Å². The van der Waals surface area contributed by atoms with Crippen LogP contribution in [0.4, 0.5) is 0 Å². The third-order valence-electron chi connectivity index (χ3n) is 4.71. The van der Waals surface area contributed by atoms with E-state index in [1.165, 1.54) is 0 Å². The van der Waals surface area contributed by atoms with Gasteiger partial charge in [-0.05, 0) is 60.2 Å². The second-order valence-electron chi connectivity index (χ2n) is 6.75. The van der Waals surface area contributed by atoms with Gasteiger partial charge in [0.05, 0.1) is 0 Å². The summed E-state index contributed by atoms with van der Waals surface area (Å²) in [6.07, 6.45) is 8.77. The average Bonchev–Trinajstić information content (AvgIpc) is 2.73. The lowest BCUT2D eigenvalue weighted by molar-refractivity contribution is -0.123. The molecule has 28 heavy (non-hydrogen) atoms. The highest BCUT2D eigenvalue weighted by atomic mass is 16.2. The predicted octanol–water partition coefficient (Wildman–Crippen LogP) is 3.02. The number of hydrogen-bond donors (Lipinski definition) is 2. The van der Waals surface area contributed by atoms with Gasteiger partial charge in [-0.25, -0.2) is 0 Å². The van der Waals surface area contributed by atoms with Gasteiger partial charge < -0.3 is 10.6 Å². The first-order chi connectivity index (χ1) is 13.7. The number of pyridine rings is 2. The van der Waals surface area contributed by atoms with E-state index in [1.54, 1.807) is 18.6 Å². The molecule has 0 aliphatic rings. The van der Waals surface area contributed by atoms with E-state index in [1.807, 2.05) is 61.7 Å². The van der Waals surface area contributed by atoms with Gasteiger partial charge in [0.15, 0.2) is 0 Å². The molecule has 5 heteroatoms. The number of carbonyl (C=O) groups excluding carboxylic acids is 1. The summed E-state index contributed by atoms with van der Waals surface area (Å²) in [5, 5.41) is 6.50. The van der Waals surface area contributed by atoms with E-state index < -0.39 is 0 Å². The van der Waals surface area contributed by atoms with Crippen molar-refractivity contribution in [3.63, 3.8) is 0 Å². The summed E-state index contributed by atoms with van der Waals surface area (Å²) >= 11 is 0. The van der Waals surface area contributed by atoms with Crippen LogP contribution in [0.3, 0.4) is 0 Å². The summed E-state index contributed by atoms with van der Waals surface area (Å²) in [6, 6.07) is 15.6. The zero-order valence-electron chi connectivity index (χ0n) is 16.1. The van der Waals surface area contributed by atoms with Crippen LogP contribution in [0, 0.1) is 6.92 Å². The Morgan fingerprint density at radius 1 is 0.893 bits per heavy atom. The highest BCUT2D eigenvalue weighted by Gasteiger charge is 2.21. The minimum Gasteiger partial charge on any atom is -0.354 e. The Morgan fingerprint density at radius 3 is 2.43 bits per heavy atom. The summed E-state index contributed by atoms with van der Waals surface area (Å²) < 4.78 is 0. The van der Waals surface area contributed by atoms with Crippen LogP contribution in [0.1, 0.15) is 28.3 Å². The molecule has 2 aromatic heterocycles. The third kappa shape index (κ3) is 5.72. The molecule has 1 amide bonds. The van der Waals surface area contributed by atoms with Crippen molar-refractivity contribution in [3.05, 3.63) is 95.6 Å². The fourth-order valence-electron chi connectivity index (χ4n) is 3.14. The molecule has 3 rings (SSSR count). The van der Waals surface area contributed by atoms with E-state index in [0.717, 1.165) is 35.1 Å². The number of benzene rings is 1. The Morgan fingerprint density at radius 2 is 1.68 bits per heavy atom. The van der Waals surface area contributed by atoms with Gasteiger partial charge in [-0.2, -0.15) is 0 Å². The van der Waals surface area contributed by atoms with E-state index >= 15 is 0 Å². The predicted molar refractivity (Wildman–Crippen MR) is 111 cm³/mol. The first kappa shape index (κ1) is 19.7. The lowest BCUT2D eigenvalue weighted by Gasteiger charge is -2.21. The molecule has 3 aromatic rings. The van der Waals surface area contributed by atoms with Crippen molar-refractivity contribution in [1.82, 2.24) is 20.6 Å². The van der Waals surface area contributed by atoms with Gasteiger partial charge in [-0.1, -0.05) is 30.3 Å². The van der Waals surface area contributed by atoms with E-state index in [4.69, 9.17) is 0 Å². The molecule has 1 atom stereocenters. The molecular formula is C23H26N4O. The summed E-state index contributed by atoms with van der Waals surface area (Å²) in [7, 11) is 0. The third-order valence-corrected chi connectivity index (χ3v) is 4.71. The van der Waals surface area contributed by atoms with E-state index in [9.17, 15) is 4.79 Å². The monoisotopic (exact) mass is 374 g/mol. The van der Waals surface area contributed by atoms with Crippen LogP contribution in [-0.4, -0.2) is 29.0 Å². The Balaban J connectivity index is 1.61. The maximum absolute atomic E-state index is 12.9. The van der Waals surface area contributed by atoms with Crippen molar-refractivity contribution < 1.29 is 4.79 Å². The normalized spacial score (nSPS) is 11.8. The van der Waals surface area contributed by atoms with Crippen LogP contribution in [0.15, 0.2) is 73.3 Å². The zero-order chi connectivity index (χ0) is 19.6. The van der Waals surface area contributed by atoms with E-state index in [-0.39, 0.29) is 11.9 Å². The van der Waals surface area contributed by atoms with Gasteiger partial charge in [0.1, 0.15) is 6.04 Å². The molecule has 1 aromatic carbocycles. The summed E-state index contributed by atoms with van der Waals surface area (Å²) in [5.74, 6) is -0.00505. The van der Waals surface area contributed by atoms with Crippen LogP contribution in [0.2, 0.25) is 0 Å². The Hall–Kier alpha value is -3.05. The molecule has 0 radical (unpaired) electrons. The maximum atomic E-state index is 12.9. The van der Waals surface area contributed by atoms with E-state index in [2.05, 4.69) is 20.6 Å². The van der Waals surface area contributed by atoms with Gasteiger partial charge in [0, 0.05) is 37.9 Å². The van der Waals surface area contributed by atoms with Crippen molar-refractivity contribution in [1.29, 1.82) is 0 Å². The van der Waals surface area contributed by atoms with Crippen molar-refractivity contribution in [2.24, 2.45) is 0 Å². The van der Waals surface area contributed by atoms with Crippen LogP contribution in [0.25, 0.3) is 0 Å². The largest absolute Gasteiger partial charge is 0.354 e. The molecule has 5 nitrogen and oxygen atoms in total. The lowest BCUT2D eigenvalue weighted by atomic mass is 10.00. The fraction of sp³-hybridized carbons (Fsp3) is 0.261. The summed E-state index contributed by atoms with van der Waals surface area (Å²) in [5.41, 5.74) is 4.42. The molecule has 0 aliphatic carbocycles. The second-order valence-corrected chi connectivity index (χ2v) is 6.75. The number of aromatic nitrogens is 2. The first-order valence-corrected chi connectivity index (χ1v) is 9.58. The lowest BCUT2D eigenvalue weighted by Crippen LogP contribution is -2.39. The SMILES string of the molecule is Cc1ccccc1C(NCCc1cccnc1)C(=O)NCCc1ccncc1. The highest BCUT2D eigenvalue weighted by molar-refractivity contribution is 5.83. The Bertz CT molecular complexity index is 868. The van der Waals surface area contributed by atoms with Crippen LogP contribution >= 0.6 is 0 Å². The molecule has 0 bridgehead atoms. The van der Waals surface area contributed by atoms with Crippen LogP contribution in [0.5, 0.6) is 0 Å². The number of rotatable bonds is 9. The molecule has 1 unspecified atom stereocenters.